The van der Waals surface area contributed by atoms with E-state index >= 15 is 4.39 Å². The topological polar surface area (TPSA) is 108 Å². The molecule has 2 unspecified atom stereocenters. The molecule has 1 fully saturated rings. The highest BCUT2D eigenvalue weighted by Gasteiger charge is 2.30. The van der Waals surface area contributed by atoms with Crippen LogP contribution in [0.5, 0.6) is 0 Å². The van der Waals surface area contributed by atoms with Gasteiger partial charge in [0, 0.05) is 36.6 Å². The van der Waals surface area contributed by atoms with Gasteiger partial charge in [-0.3, -0.25) is 9.69 Å². The summed E-state index contributed by atoms with van der Waals surface area (Å²) in [6, 6.07) is 3.87. The second-order valence-corrected chi connectivity index (χ2v) is 7.84. The highest BCUT2D eigenvalue weighted by atomic mass is 19.4. The van der Waals surface area contributed by atoms with Crippen molar-refractivity contribution < 1.29 is 31.6 Å². The monoisotopic (exact) mass is 473 g/mol. The summed E-state index contributed by atoms with van der Waals surface area (Å²) in [4.78, 5) is 21.0. The molecular weight excluding hydrogens is 444 g/mol. The molecule has 1 amide bonds. The molecule has 1 aliphatic heterocycles. The predicted octanol–water partition coefficient (Wildman–Crippen LogP) is 1.85. The Morgan fingerprint density at radius 2 is 2.09 bits per heavy atom. The lowest BCUT2D eigenvalue weighted by Gasteiger charge is -2.35. The fraction of sp³-hybridized carbons (Fsp3) is 0.476. The fourth-order valence-electron chi connectivity index (χ4n) is 3.60. The van der Waals surface area contributed by atoms with Gasteiger partial charge in [0.25, 0.3) is 0 Å². The van der Waals surface area contributed by atoms with Gasteiger partial charge in [0.05, 0.1) is 18.2 Å². The number of hydrogen-bond donors (Lipinski definition) is 3. The van der Waals surface area contributed by atoms with Gasteiger partial charge in [0.2, 0.25) is 11.7 Å². The third kappa shape index (κ3) is 6.51. The summed E-state index contributed by atoms with van der Waals surface area (Å²) in [5, 5.41) is 13.1. The van der Waals surface area contributed by atoms with Crippen LogP contribution in [-0.4, -0.2) is 65.1 Å². The Hall–Kier alpha value is -2.99. The van der Waals surface area contributed by atoms with Crippen LogP contribution >= 0.6 is 0 Å². The number of alkyl halides is 3. The number of rotatable bonds is 8. The molecule has 0 radical (unpaired) electrons. The maximum atomic E-state index is 15.3. The Morgan fingerprint density at radius 3 is 2.70 bits per heavy atom. The molecule has 1 saturated heterocycles. The lowest BCUT2D eigenvalue weighted by molar-refractivity contribution is -0.137. The number of β-amino-alcohol motifs (C(OH)–C–C–N with tert-alkyl or cyclic N) is 1. The predicted molar refractivity (Wildman–Crippen MR) is 114 cm³/mol. The van der Waals surface area contributed by atoms with E-state index in [1.54, 1.807) is 4.90 Å². The Morgan fingerprint density at radius 1 is 1.36 bits per heavy atom. The van der Waals surface area contributed by atoms with Crippen LogP contribution < -0.4 is 16.0 Å². The number of piperidine rings is 1. The van der Waals surface area contributed by atoms with Crippen LogP contribution in [-0.2, 0) is 17.5 Å². The number of anilines is 2. The standard InChI is InChI=1S/C21H26F4N6O2/c1-30(9-13-2-4-15(5-3-13)21(23,24)25)20-18(22)19(28-12-29-20)27-8-14-6-7-31(10-16(14)32)11-17(26)33/h2-5,12,14,16,32H,6-11H2,1H3,(H2,26,33)(H,27,28,29)/i1D3. The molecule has 1 aromatic carbocycles. The van der Waals surface area contributed by atoms with Gasteiger partial charge in [-0.1, -0.05) is 12.1 Å². The molecule has 2 heterocycles. The van der Waals surface area contributed by atoms with Gasteiger partial charge in [-0.05, 0) is 30.7 Å². The summed E-state index contributed by atoms with van der Waals surface area (Å²) in [7, 11) is 0. The number of halogens is 4. The van der Waals surface area contributed by atoms with E-state index in [1.807, 2.05) is 0 Å². The van der Waals surface area contributed by atoms with Gasteiger partial charge in [-0.15, -0.1) is 0 Å². The number of amides is 1. The Kier molecular flexibility index (Phi) is 6.43. The smallest absolute Gasteiger partial charge is 0.391 e. The molecular formula is C21H26F4N6O2. The maximum absolute atomic E-state index is 15.3. The fourth-order valence-corrected chi connectivity index (χ4v) is 3.60. The van der Waals surface area contributed by atoms with Crippen LogP contribution in [0.4, 0.5) is 29.2 Å². The minimum absolute atomic E-state index is 0.0188. The van der Waals surface area contributed by atoms with Crippen LogP contribution in [0.3, 0.4) is 0 Å². The van der Waals surface area contributed by atoms with Crippen LogP contribution in [0.15, 0.2) is 30.6 Å². The first-order chi connectivity index (χ1) is 16.8. The first kappa shape index (κ1) is 20.6. The van der Waals surface area contributed by atoms with Crippen molar-refractivity contribution >= 4 is 17.5 Å². The SMILES string of the molecule is [2H]C([2H])([2H])N(Cc1ccc(C(F)(F)F)cc1)c1ncnc(NCC2CCN(CC(N)=O)CC2O)c1F. The Bertz CT molecular complexity index is 1060. The zero-order valence-corrected chi connectivity index (χ0v) is 17.5. The lowest BCUT2D eigenvalue weighted by Crippen LogP contribution is -2.48. The molecule has 2 atom stereocenters. The minimum atomic E-state index is -4.55. The number of aliphatic hydroxyl groups is 1. The molecule has 8 nitrogen and oxygen atoms in total. The molecule has 0 saturated carbocycles. The second-order valence-electron chi connectivity index (χ2n) is 7.84. The molecule has 0 spiro atoms. The minimum Gasteiger partial charge on any atom is -0.391 e. The average molecular weight is 473 g/mol. The third-order valence-electron chi connectivity index (χ3n) is 5.37. The van der Waals surface area contributed by atoms with E-state index in [0.717, 1.165) is 30.6 Å². The van der Waals surface area contributed by atoms with E-state index in [9.17, 15) is 23.1 Å². The number of benzene rings is 1. The van der Waals surface area contributed by atoms with Crippen molar-refractivity contribution in [3.8, 4) is 0 Å². The largest absolute Gasteiger partial charge is 0.416 e. The molecule has 4 N–H and O–H groups in total. The number of carbonyl (C=O) groups is 1. The van der Waals surface area contributed by atoms with Crippen molar-refractivity contribution in [2.24, 2.45) is 11.7 Å². The first-order valence-corrected chi connectivity index (χ1v) is 10.1. The van der Waals surface area contributed by atoms with Gasteiger partial charge in [-0.2, -0.15) is 17.6 Å². The van der Waals surface area contributed by atoms with E-state index in [2.05, 4.69) is 15.3 Å². The molecule has 33 heavy (non-hydrogen) atoms. The number of carbonyl (C=O) groups excluding carboxylic acids is 1. The molecule has 0 bridgehead atoms. The number of aliphatic hydroxyl groups excluding tert-OH is 1. The normalized spacial score (nSPS) is 21.1. The van der Waals surface area contributed by atoms with Gasteiger partial charge in [0.1, 0.15) is 6.33 Å². The molecule has 3 rings (SSSR count). The quantitative estimate of drug-likeness (QED) is 0.503. The number of aromatic nitrogens is 2. The van der Waals surface area contributed by atoms with Gasteiger partial charge in [0.15, 0.2) is 11.6 Å². The molecule has 180 valence electrons. The first-order valence-electron chi connectivity index (χ1n) is 11.6. The van der Waals surface area contributed by atoms with E-state index in [-0.39, 0.29) is 36.9 Å². The number of primary amides is 1. The number of hydrogen-bond acceptors (Lipinski definition) is 7. The summed E-state index contributed by atoms with van der Waals surface area (Å²) in [6.45, 7) is -2.44. The van der Waals surface area contributed by atoms with Crippen molar-refractivity contribution in [3.63, 3.8) is 0 Å². The second kappa shape index (κ2) is 10.3. The average Bonchev–Trinajstić information content (AvgIpc) is 2.77. The number of nitrogens with one attached hydrogen (secondary N) is 1. The van der Waals surface area contributed by atoms with Crippen molar-refractivity contribution in [2.75, 3.05) is 43.4 Å². The van der Waals surface area contributed by atoms with Crippen LogP contribution in [0.1, 0.15) is 21.7 Å². The van der Waals surface area contributed by atoms with E-state index < -0.39 is 48.9 Å². The van der Waals surface area contributed by atoms with Crippen molar-refractivity contribution in [1.82, 2.24) is 14.9 Å². The maximum Gasteiger partial charge on any atom is 0.416 e. The van der Waals surface area contributed by atoms with E-state index in [1.165, 1.54) is 0 Å². The molecule has 12 heteroatoms. The van der Waals surface area contributed by atoms with Crippen LogP contribution in [0.25, 0.3) is 0 Å². The van der Waals surface area contributed by atoms with Crippen molar-refractivity contribution in [1.29, 1.82) is 0 Å². The molecule has 0 aliphatic carbocycles. The summed E-state index contributed by atoms with van der Waals surface area (Å²) < 4.78 is 77.2. The Balaban J connectivity index is 1.73. The molecule has 1 aromatic heterocycles. The van der Waals surface area contributed by atoms with Gasteiger partial charge in [-0.25, -0.2) is 9.97 Å². The van der Waals surface area contributed by atoms with E-state index in [0.29, 0.717) is 17.9 Å². The van der Waals surface area contributed by atoms with Gasteiger partial charge >= 0.3 is 6.18 Å². The summed E-state index contributed by atoms with van der Waals surface area (Å²) in [5.41, 5.74) is 4.49. The number of nitrogens with zero attached hydrogens (tertiary/aromatic N) is 4. The Labute approximate surface area is 192 Å². The van der Waals surface area contributed by atoms with Crippen LogP contribution in [0.2, 0.25) is 0 Å². The number of likely N-dealkylation sites (tertiary alicyclic amines) is 1. The van der Waals surface area contributed by atoms with Gasteiger partial charge < -0.3 is 21.1 Å². The molecule has 2 aromatic rings. The zero-order chi connectivity index (χ0) is 26.7. The lowest BCUT2D eigenvalue weighted by atomic mass is 9.94. The highest BCUT2D eigenvalue weighted by Crippen LogP contribution is 2.29. The zero-order valence-electron chi connectivity index (χ0n) is 20.5. The summed E-state index contributed by atoms with van der Waals surface area (Å²) >= 11 is 0. The van der Waals surface area contributed by atoms with Crippen molar-refractivity contribution in [2.45, 2.75) is 25.2 Å². The number of nitrogens with two attached hydrogens (primary N) is 1. The summed E-state index contributed by atoms with van der Waals surface area (Å²) in [5.74, 6) is -2.69. The van der Waals surface area contributed by atoms with E-state index in [4.69, 9.17) is 9.85 Å². The molecule has 1 aliphatic rings. The summed E-state index contributed by atoms with van der Waals surface area (Å²) in [6.07, 6.45) is -3.89. The van der Waals surface area contributed by atoms with Crippen LogP contribution in [0, 0.1) is 11.7 Å². The highest BCUT2D eigenvalue weighted by molar-refractivity contribution is 5.75. The third-order valence-corrected chi connectivity index (χ3v) is 5.37. The van der Waals surface area contributed by atoms with Crippen molar-refractivity contribution in [3.05, 3.63) is 47.5 Å².